The Kier molecular flexibility index (Phi) is 8.63. The summed E-state index contributed by atoms with van der Waals surface area (Å²) in [7, 11) is 0. The Morgan fingerprint density at radius 1 is 0.686 bits per heavy atom. The SMILES string of the molecule is FCCCCCc1cnc(-c2cc(F)c(CCc3cc(F)c(OC(F)(F)F)c(F)c3)c(F)c2)nc1. The van der Waals surface area contributed by atoms with E-state index in [1.54, 1.807) is 0 Å². The van der Waals surface area contributed by atoms with E-state index in [0.717, 1.165) is 30.5 Å². The van der Waals surface area contributed by atoms with Gasteiger partial charge in [-0.25, -0.2) is 27.5 Å². The molecule has 0 atom stereocenters. The molecule has 0 aliphatic carbocycles. The summed E-state index contributed by atoms with van der Waals surface area (Å²) < 4.78 is 109. The van der Waals surface area contributed by atoms with Crippen LogP contribution in [-0.4, -0.2) is 23.0 Å². The van der Waals surface area contributed by atoms with Crippen molar-refractivity contribution >= 4 is 0 Å². The number of ether oxygens (including phenoxy) is 1. The molecule has 0 unspecified atom stereocenters. The van der Waals surface area contributed by atoms with Crippen LogP contribution in [0.15, 0.2) is 36.7 Å². The maximum absolute atomic E-state index is 14.6. The number of aryl methyl sites for hydroxylation is 2. The zero-order chi connectivity index (χ0) is 25.6. The first-order valence-electron chi connectivity index (χ1n) is 10.7. The number of halogens is 8. The second-order valence-electron chi connectivity index (χ2n) is 7.77. The van der Waals surface area contributed by atoms with Crippen molar-refractivity contribution in [3.8, 4) is 17.1 Å². The molecule has 0 amide bonds. The van der Waals surface area contributed by atoms with Crippen LogP contribution >= 0.6 is 0 Å². The van der Waals surface area contributed by atoms with Gasteiger partial charge in [-0.05, 0) is 67.5 Å². The highest BCUT2D eigenvalue weighted by molar-refractivity contribution is 5.56. The molecule has 3 nitrogen and oxygen atoms in total. The van der Waals surface area contributed by atoms with Crippen LogP contribution in [0.5, 0.6) is 5.75 Å². The molecule has 3 aromatic rings. The number of nitrogens with zero attached hydrogens (tertiary/aromatic N) is 2. The first-order chi connectivity index (χ1) is 16.6. The summed E-state index contributed by atoms with van der Waals surface area (Å²) in [6.07, 6.45) is -0.184. The van der Waals surface area contributed by atoms with Gasteiger partial charge >= 0.3 is 6.36 Å². The summed E-state index contributed by atoms with van der Waals surface area (Å²) >= 11 is 0. The van der Waals surface area contributed by atoms with Crippen molar-refractivity contribution in [1.29, 1.82) is 0 Å². The quantitative estimate of drug-likeness (QED) is 0.219. The van der Waals surface area contributed by atoms with Gasteiger partial charge in [0.1, 0.15) is 11.6 Å². The van der Waals surface area contributed by atoms with Crippen molar-refractivity contribution in [2.45, 2.75) is 44.9 Å². The van der Waals surface area contributed by atoms with Gasteiger partial charge in [0.15, 0.2) is 17.5 Å². The minimum absolute atomic E-state index is 0.0819. The van der Waals surface area contributed by atoms with Gasteiger partial charge in [-0.2, -0.15) is 0 Å². The van der Waals surface area contributed by atoms with E-state index in [1.807, 2.05) is 0 Å². The van der Waals surface area contributed by atoms with Crippen molar-refractivity contribution in [1.82, 2.24) is 9.97 Å². The number of hydrogen-bond donors (Lipinski definition) is 0. The van der Waals surface area contributed by atoms with Gasteiger partial charge in [0.25, 0.3) is 0 Å². The first kappa shape index (κ1) is 26.4. The van der Waals surface area contributed by atoms with Crippen molar-refractivity contribution in [3.63, 3.8) is 0 Å². The van der Waals surface area contributed by atoms with Crippen LogP contribution in [0.2, 0.25) is 0 Å². The second kappa shape index (κ2) is 11.5. The molecule has 0 saturated carbocycles. The van der Waals surface area contributed by atoms with Crippen LogP contribution in [0, 0.1) is 23.3 Å². The van der Waals surface area contributed by atoms with Crippen LogP contribution in [-0.2, 0) is 19.3 Å². The van der Waals surface area contributed by atoms with E-state index in [1.165, 1.54) is 12.4 Å². The lowest BCUT2D eigenvalue weighted by atomic mass is 10.0. The molecule has 188 valence electrons. The second-order valence-corrected chi connectivity index (χ2v) is 7.77. The van der Waals surface area contributed by atoms with Crippen molar-refractivity contribution in [2.24, 2.45) is 0 Å². The molecule has 0 bridgehead atoms. The molecule has 0 N–H and O–H groups in total. The van der Waals surface area contributed by atoms with Crippen LogP contribution in [0.1, 0.15) is 36.0 Å². The third-order valence-corrected chi connectivity index (χ3v) is 5.14. The number of alkyl halides is 4. The van der Waals surface area contributed by atoms with Gasteiger partial charge < -0.3 is 4.74 Å². The van der Waals surface area contributed by atoms with Crippen molar-refractivity contribution in [2.75, 3.05) is 6.67 Å². The Hall–Kier alpha value is -3.24. The van der Waals surface area contributed by atoms with Gasteiger partial charge in [-0.1, -0.05) is 6.42 Å². The van der Waals surface area contributed by atoms with Crippen molar-refractivity contribution < 1.29 is 39.9 Å². The topological polar surface area (TPSA) is 35.0 Å². The Bertz CT molecular complexity index is 1100. The molecule has 0 spiro atoms. The molecule has 2 aromatic carbocycles. The molecule has 3 rings (SSSR count). The summed E-state index contributed by atoms with van der Waals surface area (Å²) in [5.41, 5.74) is 0.410. The maximum Gasteiger partial charge on any atom is 0.573 e. The maximum atomic E-state index is 14.6. The number of aromatic nitrogens is 2. The minimum Gasteiger partial charge on any atom is -0.399 e. The highest BCUT2D eigenvalue weighted by Crippen LogP contribution is 2.30. The fraction of sp³-hybridized carbons (Fsp3) is 0.333. The lowest BCUT2D eigenvalue weighted by molar-refractivity contribution is -0.276. The Morgan fingerprint density at radius 2 is 1.29 bits per heavy atom. The normalized spacial score (nSPS) is 11.7. The van der Waals surface area contributed by atoms with E-state index in [-0.39, 0.29) is 42.0 Å². The van der Waals surface area contributed by atoms with E-state index < -0.39 is 35.4 Å². The van der Waals surface area contributed by atoms with Gasteiger partial charge in [-0.15, -0.1) is 13.2 Å². The monoisotopic (exact) mass is 504 g/mol. The lowest BCUT2D eigenvalue weighted by Crippen LogP contribution is -2.19. The Morgan fingerprint density at radius 3 is 1.83 bits per heavy atom. The Balaban J connectivity index is 1.69. The molecule has 0 saturated heterocycles. The summed E-state index contributed by atoms with van der Waals surface area (Å²) in [5.74, 6) is -6.55. The first-order valence-corrected chi connectivity index (χ1v) is 10.7. The van der Waals surface area contributed by atoms with Crippen molar-refractivity contribution in [3.05, 3.63) is 76.6 Å². The zero-order valence-corrected chi connectivity index (χ0v) is 18.2. The Labute approximate surface area is 195 Å². The standard InChI is InChI=1S/C24H20F8N2O/c25-7-3-1-2-4-15-12-33-23(34-13-15)16-10-18(26)17(19(27)11-16)6-5-14-8-20(28)22(21(29)9-14)35-24(30,31)32/h8-13H,1-7H2. The summed E-state index contributed by atoms with van der Waals surface area (Å²) in [5, 5.41) is 0. The predicted octanol–water partition coefficient (Wildman–Crippen LogP) is 7.07. The van der Waals surface area contributed by atoms with Crippen LogP contribution in [0.25, 0.3) is 11.4 Å². The van der Waals surface area contributed by atoms with E-state index in [4.69, 9.17) is 0 Å². The molecule has 0 fully saturated rings. The number of hydrogen-bond acceptors (Lipinski definition) is 3. The fourth-order valence-corrected chi connectivity index (χ4v) is 3.44. The molecule has 0 aliphatic rings. The molecule has 11 heteroatoms. The van der Waals surface area contributed by atoms with E-state index in [2.05, 4.69) is 14.7 Å². The summed E-state index contributed by atoms with van der Waals surface area (Å²) in [4.78, 5) is 8.22. The van der Waals surface area contributed by atoms with E-state index >= 15 is 0 Å². The third-order valence-electron chi connectivity index (χ3n) is 5.14. The number of rotatable bonds is 10. The molecule has 0 aliphatic heterocycles. The summed E-state index contributed by atoms with van der Waals surface area (Å²) in [6, 6.07) is 3.27. The average Bonchev–Trinajstić information content (AvgIpc) is 2.78. The predicted molar refractivity (Wildman–Crippen MR) is 111 cm³/mol. The van der Waals surface area contributed by atoms with Crippen LogP contribution in [0.3, 0.4) is 0 Å². The fourth-order valence-electron chi connectivity index (χ4n) is 3.44. The smallest absolute Gasteiger partial charge is 0.399 e. The number of benzene rings is 2. The van der Waals surface area contributed by atoms with Gasteiger partial charge in [0, 0.05) is 23.5 Å². The highest BCUT2D eigenvalue weighted by atomic mass is 19.4. The molecule has 35 heavy (non-hydrogen) atoms. The molecule has 1 aromatic heterocycles. The van der Waals surface area contributed by atoms with E-state index in [9.17, 15) is 35.1 Å². The number of unbranched alkanes of at least 4 members (excludes halogenated alkanes) is 2. The van der Waals surface area contributed by atoms with E-state index in [0.29, 0.717) is 25.0 Å². The molecular formula is C24H20F8N2O. The molecular weight excluding hydrogens is 484 g/mol. The zero-order valence-electron chi connectivity index (χ0n) is 18.2. The van der Waals surface area contributed by atoms with Gasteiger partial charge in [-0.3, -0.25) is 4.39 Å². The van der Waals surface area contributed by atoms with Crippen LogP contribution in [0.4, 0.5) is 35.1 Å². The van der Waals surface area contributed by atoms with Crippen LogP contribution < -0.4 is 4.74 Å². The van der Waals surface area contributed by atoms with Gasteiger partial charge in [0.2, 0.25) is 5.75 Å². The highest BCUT2D eigenvalue weighted by Gasteiger charge is 2.34. The minimum atomic E-state index is -5.28. The molecule has 0 radical (unpaired) electrons. The molecule has 1 heterocycles. The lowest BCUT2D eigenvalue weighted by Gasteiger charge is -2.12. The third kappa shape index (κ3) is 7.37. The summed E-state index contributed by atoms with van der Waals surface area (Å²) in [6.45, 7) is -0.375. The largest absolute Gasteiger partial charge is 0.573 e. The average molecular weight is 504 g/mol. The van der Waals surface area contributed by atoms with Gasteiger partial charge in [0.05, 0.1) is 6.67 Å².